The Labute approximate surface area is 92.6 Å². The van der Waals surface area contributed by atoms with Crippen LogP contribution in [0.5, 0.6) is 0 Å². The fourth-order valence-corrected chi connectivity index (χ4v) is 0.696. The zero-order chi connectivity index (χ0) is 10.6. The SMILES string of the molecule is O=C([O-])CC(O)(CC(=O)O)C(=O)[O-].[Pt+2]. The van der Waals surface area contributed by atoms with E-state index in [1.165, 1.54) is 0 Å². The first kappa shape index (κ1) is 15.5. The fraction of sp³-hybridized carbons (Fsp3) is 0.500. The van der Waals surface area contributed by atoms with E-state index in [1.54, 1.807) is 0 Å². The standard InChI is InChI=1S/C6H8O7.Pt/c7-3(8)1-6(13,5(11)12)2-4(9)10;/h13H,1-2H2,(H,7,8)(H,9,10)(H,11,12);/q;+2/p-2. The van der Waals surface area contributed by atoms with Crippen LogP contribution in [0.4, 0.5) is 0 Å². The van der Waals surface area contributed by atoms with Crippen LogP contribution in [0.25, 0.3) is 0 Å². The smallest absolute Gasteiger partial charge is 0.550 e. The number of rotatable bonds is 5. The van der Waals surface area contributed by atoms with Crippen molar-refractivity contribution in [3.05, 3.63) is 0 Å². The van der Waals surface area contributed by atoms with Gasteiger partial charge in [0.05, 0.1) is 12.4 Å². The molecule has 0 rings (SSSR count). The molecule has 2 N–H and O–H groups in total. The van der Waals surface area contributed by atoms with E-state index in [0.29, 0.717) is 0 Å². The number of carbonyl (C=O) groups is 3. The first-order valence-corrected chi connectivity index (χ1v) is 3.13. The third kappa shape index (κ3) is 4.93. The maximum Gasteiger partial charge on any atom is 2.00 e. The molecule has 0 radical (unpaired) electrons. The Kier molecular flexibility index (Phi) is 6.34. The van der Waals surface area contributed by atoms with Crippen molar-refractivity contribution in [2.24, 2.45) is 0 Å². The molecule has 0 aromatic rings. The first-order chi connectivity index (χ1) is 5.78. The van der Waals surface area contributed by atoms with E-state index >= 15 is 0 Å². The summed E-state index contributed by atoms with van der Waals surface area (Å²) in [6.45, 7) is 0. The van der Waals surface area contributed by atoms with Gasteiger partial charge in [0.1, 0.15) is 5.60 Å². The first-order valence-electron chi connectivity index (χ1n) is 3.13. The minimum absolute atomic E-state index is 0. The number of hydrogen-bond donors (Lipinski definition) is 2. The average molecular weight is 385 g/mol. The normalized spacial score (nSPS) is 13.5. The van der Waals surface area contributed by atoms with Crippen molar-refractivity contribution < 1.29 is 55.9 Å². The minimum atomic E-state index is -2.91. The maximum absolute atomic E-state index is 10.2. The molecule has 8 heteroatoms. The van der Waals surface area contributed by atoms with Crippen molar-refractivity contribution >= 4 is 17.9 Å². The zero-order valence-electron chi connectivity index (χ0n) is 6.67. The summed E-state index contributed by atoms with van der Waals surface area (Å²) in [6, 6.07) is 0. The Hall–Kier alpha value is -0.942. The third-order valence-corrected chi connectivity index (χ3v) is 1.26. The van der Waals surface area contributed by atoms with Gasteiger partial charge in [-0.2, -0.15) is 0 Å². The number of hydrogen-bond acceptors (Lipinski definition) is 6. The van der Waals surface area contributed by atoms with Crippen LogP contribution in [0.15, 0.2) is 0 Å². The van der Waals surface area contributed by atoms with E-state index in [1.807, 2.05) is 0 Å². The number of aliphatic hydroxyl groups is 1. The molecule has 0 saturated carbocycles. The number of carboxylic acids is 3. The van der Waals surface area contributed by atoms with Gasteiger partial charge < -0.3 is 30.0 Å². The van der Waals surface area contributed by atoms with Crippen molar-refractivity contribution in [1.82, 2.24) is 0 Å². The van der Waals surface area contributed by atoms with Gasteiger partial charge in [-0.1, -0.05) is 0 Å². The van der Waals surface area contributed by atoms with Crippen molar-refractivity contribution in [1.29, 1.82) is 0 Å². The summed E-state index contributed by atoms with van der Waals surface area (Å²) >= 11 is 0. The van der Waals surface area contributed by atoms with E-state index in [2.05, 4.69) is 0 Å². The van der Waals surface area contributed by atoms with Crippen molar-refractivity contribution in [3.8, 4) is 0 Å². The molecule has 0 aliphatic heterocycles. The van der Waals surface area contributed by atoms with Gasteiger partial charge >= 0.3 is 27.0 Å². The maximum atomic E-state index is 10.2. The molecular weight excluding hydrogens is 379 g/mol. The van der Waals surface area contributed by atoms with Crippen LogP contribution in [0.3, 0.4) is 0 Å². The molecule has 0 amide bonds. The number of aliphatic carboxylic acids is 3. The van der Waals surface area contributed by atoms with Crippen LogP contribution in [0.2, 0.25) is 0 Å². The predicted octanol–water partition coefficient (Wildman–Crippen LogP) is -3.92. The van der Waals surface area contributed by atoms with Gasteiger partial charge in [-0.15, -0.1) is 0 Å². The third-order valence-electron chi connectivity index (χ3n) is 1.26. The average Bonchev–Trinajstić information content (AvgIpc) is 1.82. The molecule has 14 heavy (non-hydrogen) atoms. The molecule has 0 spiro atoms. The summed E-state index contributed by atoms with van der Waals surface area (Å²) in [5.74, 6) is -5.67. The van der Waals surface area contributed by atoms with Gasteiger partial charge in [-0.3, -0.25) is 4.79 Å². The van der Waals surface area contributed by atoms with Crippen LogP contribution >= 0.6 is 0 Å². The summed E-state index contributed by atoms with van der Waals surface area (Å²) in [4.78, 5) is 30.2. The van der Waals surface area contributed by atoms with Crippen LogP contribution in [0, 0.1) is 0 Å². The predicted molar refractivity (Wildman–Crippen MR) is 31.8 cm³/mol. The molecule has 0 aliphatic rings. The van der Waals surface area contributed by atoms with Gasteiger partial charge in [-0.25, -0.2) is 0 Å². The second-order valence-electron chi connectivity index (χ2n) is 2.44. The monoisotopic (exact) mass is 385 g/mol. The van der Waals surface area contributed by atoms with Gasteiger partial charge in [0.25, 0.3) is 0 Å². The number of carboxylic acid groups (broad SMARTS) is 3. The Bertz CT molecular complexity index is 233. The van der Waals surface area contributed by atoms with Crippen LogP contribution < -0.4 is 10.2 Å². The van der Waals surface area contributed by atoms with Crippen LogP contribution in [-0.2, 0) is 35.4 Å². The second-order valence-corrected chi connectivity index (χ2v) is 2.44. The molecule has 1 unspecified atom stereocenters. The topological polar surface area (TPSA) is 138 Å². The number of carbonyl (C=O) groups excluding carboxylic acids is 2. The Balaban J connectivity index is 0. The summed E-state index contributed by atoms with van der Waals surface area (Å²) < 4.78 is 0. The molecule has 7 nitrogen and oxygen atoms in total. The fourth-order valence-electron chi connectivity index (χ4n) is 0.696. The Morgan fingerprint density at radius 3 is 1.79 bits per heavy atom. The molecule has 0 aliphatic carbocycles. The Morgan fingerprint density at radius 1 is 1.14 bits per heavy atom. The molecular formula is C6H6O7Pt. The van der Waals surface area contributed by atoms with Crippen LogP contribution in [-0.4, -0.2) is 33.7 Å². The van der Waals surface area contributed by atoms with Crippen molar-refractivity contribution in [2.75, 3.05) is 0 Å². The van der Waals surface area contributed by atoms with E-state index in [9.17, 15) is 24.6 Å². The Morgan fingerprint density at radius 2 is 1.57 bits per heavy atom. The van der Waals surface area contributed by atoms with Gasteiger partial charge in [0.2, 0.25) is 0 Å². The molecule has 0 saturated heterocycles. The van der Waals surface area contributed by atoms with E-state index in [0.717, 1.165) is 0 Å². The van der Waals surface area contributed by atoms with E-state index < -0.39 is 36.4 Å². The molecule has 82 valence electrons. The largest absolute Gasteiger partial charge is 2.00 e. The molecule has 1 atom stereocenters. The summed E-state index contributed by atoms with van der Waals surface area (Å²) in [7, 11) is 0. The molecule has 0 bridgehead atoms. The van der Waals surface area contributed by atoms with Gasteiger partial charge in [0.15, 0.2) is 0 Å². The molecule has 0 fully saturated rings. The molecule has 0 aromatic heterocycles. The van der Waals surface area contributed by atoms with Gasteiger partial charge in [-0.05, 0) is 0 Å². The summed E-state index contributed by atoms with van der Waals surface area (Å²) in [6.07, 6.45) is -2.56. The van der Waals surface area contributed by atoms with E-state index in [4.69, 9.17) is 10.2 Å². The van der Waals surface area contributed by atoms with Crippen molar-refractivity contribution in [2.45, 2.75) is 18.4 Å². The van der Waals surface area contributed by atoms with Crippen LogP contribution in [0.1, 0.15) is 12.8 Å². The quantitative estimate of drug-likeness (QED) is 0.493. The second kappa shape index (κ2) is 5.72. The minimum Gasteiger partial charge on any atom is -0.550 e. The molecule has 0 heterocycles. The van der Waals surface area contributed by atoms with E-state index in [-0.39, 0.29) is 21.1 Å². The van der Waals surface area contributed by atoms with Crippen molar-refractivity contribution in [3.63, 3.8) is 0 Å². The summed E-state index contributed by atoms with van der Waals surface area (Å²) in [5.41, 5.74) is -2.91. The van der Waals surface area contributed by atoms with Gasteiger partial charge in [0, 0.05) is 12.4 Å². The summed E-state index contributed by atoms with van der Waals surface area (Å²) in [5, 5.41) is 37.2. The molecule has 0 aromatic carbocycles. The zero-order valence-corrected chi connectivity index (χ0v) is 8.94.